The Bertz CT molecular complexity index is 865. The maximum Gasteiger partial charge on any atom is 0.152 e. The highest BCUT2D eigenvalue weighted by atomic mass is 79.9. The monoisotopic (exact) mass is 432 g/mol. The summed E-state index contributed by atoms with van der Waals surface area (Å²) in [5.41, 5.74) is 0.870. The number of sulfone groups is 1. The Morgan fingerprint density at radius 3 is 2.67 bits per heavy atom. The Hall–Kier alpha value is -0.700. The Labute approximate surface area is 154 Å². The van der Waals surface area contributed by atoms with Crippen LogP contribution in [0, 0.1) is 5.92 Å². The molecule has 0 unspecified atom stereocenters. The molecule has 2 fully saturated rings. The zero-order chi connectivity index (χ0) is 16.9. The standard InChI is InChI=1S/C15H18BrClN4O2S/c16-12-8-21(15-13(12)14(17)18-9-19-15)11-5-10(6-11)7-20-1-3-24(22,23)4-2-20/h8-11H,1-7H2. The summed E-state index contributed by atoms with van der Waals surface area (Å²) in [4.78, 5) is 10.7. The van der Waals surface area contributed by atoms with Gasteiger partial charge >= 0.3 is 0 Å². The quantitative estimate of drug-likeness (QED) is 0.696. The predicted molar refractivity (Wildman–Crippen MR) is 97.1 cm³/mol. The van der Waals surface area contributed by atoms with Crippen molar-refractivity contribution in [3.63, 3.8) is 0 Å². The first-order valence-corrected chi connectivity index (χ1v) is 11.0. The fraction of sp³-hybridized carbons (Fsp3) is 0.600. The van der Waals surface area contributed by atoms with Crippen molar-refractivity contribution in [2.75, 3.05) is 31.1 Å². The van der Waals surface area contributed by atoms with Gasteiger partial charge in [-0.1, -0.05) is 11.6 Å². The van der Waals surface area contributed by atoms with Gasteiger partial charge in [-0.2, -0.15) is 0 Å². The third-order valence-electron chi connectivity index (χ3n) is 5.07. The van der Waals surface area contributed by atoms with E-state index in [9.17, 15) is 8.42 Å². The summed E-state index contributed by atoms with van der Waals surface area (Å²) in [5.74, 6) is 1.21. The van der Waals surface area contributed by atoms with E-state index in [1.54, 1.807) is 0 Å². The largest absolute Gasteiger partial charge is 0.328 e. The summed E-state index contributed by atoms with van der Waals surface area (Å²) in [6.45, 7) is 2.33. The molecule has 0 spiro atoms. The predicted octanol–water partition coefficient (Wildman–Crippen LogP) is 2.53. The van der Waals surface area contributed by atoms with Crippen LogP contribution in [0.5, 0.6) is 0 Å². The SMILES string of the molecule is O=S1(=O)CCN(CC2CC(n3cc(Br)c4c(Cl)ncnc43)C2)CC1. The van der Waals surface area contributed by atoms with Crippen LogP contribution in [-0.4, -0.2) is 59.0 Å². The van der Waals surface area contributed by atoms with Crippen molar-refractivity contribution in [3.05, 3.63) is 22.1 Å². The molecule has 1 aliphatic heterocycles. The number of aromatic nitrogens is 3. The van der Waals surface area contributed by atoms with Crippen molar-refractivity contribution < 1.29 is 8.42 Å². The Morgan fingerprint density at radius 2 is 1.96 bits per heavy atom. The lowest BCUT2D eigenvalue weighted by molar-refractivity contribution is 0.136. The van der Waals surface area contributed by atoms with Crippen molar-refractivity contribution in [3.8, 4) is 0 Å². The molecule has 6 nitrogen and oxygen atoms in total. The van der Waals surface area contributed by atoms with E-state index in [0.717, 1.165) is 34.9 Å². The molecule has 1 saturated carbocycles. The van der Waals surface area contributed by atoms with Crippen LogP contribution >= 0.6 is 27.5 Å². The van der Waals surface area contributed by atoms with Crippen LogP contribution in [0.1, 0.15) is 18.9 Å². The minimum Gasteiger partial charge on any atom is -0.328 e. The Balaban J connectivity index is 1.41. The lowest BCUT2D eigenvalue weighted by atomic mass is 9.79. The number of rotatable bonds is 3. The molecule has 9 heteroatoms. The second-order valence-corrected chi connectivity index (χ2v) is 10.2. The lowest BCUT2D eigenvalue weighted by Gasteiger charge is -2.40. The van der Waals surface area contributed by atoms with Gasteiger partial charge in [0.2, 0.25) is 0 Å². The molecule has 0 amide bonds. The summed E-state index contributed by atoms with van der Waals surface area (Å²) in [7, 11) is -2.80. The smallest absolute Gasteiger partial charge is 0.152 e. The molecule has 0 N–H and O–H groups in total. The molecule has 130 valence electrons. The fourth-order valence-corrected chi connectivity index (χ4v) is 5.86. The normalized spacial score (nSPS) is 27.2. The van der Waals surface area contributed by atoms with Crippen LogP contribution in [-0.2, 0) is 9.84 Å². The van der Waals surface area contributed by atoms with E-state index in [0.29, 0.717) is 41.7 Å². The van der Waals surface area contributed by atoms with E-state index in [1.165, 1.54) is 6.33 Å². The van der Waals surface area contributed by atoms with Crippen LogP contribution in [0.3, 0.4) is 0 Å². The van der Waals surface area contributed by atoms with Crippen molar-refractivity contribution in [1.29, 1.82) is 0 Å². The molecule has 0 bridgehead atoms. The molecule has 2 aromatic rings. The summed E-state index contributed by atoms with van der Waals surface area (Å²) in [6.07, 6.45) is 5.71. The van der Waals surface area contributed by atoms with Crippen molar-refractivity contribution in [1.82, 2.24) is 19.4 Å². The molecule has 0 radical (unpaired) electrons. The van der Waals surface area contributed by atoms with Gasteiger partial charge in [0.05, 0.1) is 16.9 Å². The first-order chi connectivity index (χ1) is 11.4. The number of hydrogen-bond acceptors (Lipinski definition) is 5. The molecule has 4 rings (SSSR count). The van der Waals surface area contributed by atoms with Gasteiger partial charge in [0, 0.05) is 36.3 Å². The molecule has 3 heterocycles. The van der Waals surface area contributed by atoms with Crippen LogP contribution in [0.25, 0.3) is 11.0 Å². The minimum atomic E-state index is -2.80. The average Bonchev–Trinajstić information content (AvgIpc) is 2.82. The topological polar surface area (TPSA) is 68.1 Å². The maximum absolute atomic E-state index is 11.5. The first kappa shape index (κ1) is 16.8. The van der Waals surface area contributed by atoms with Gasteiger partial charge in [-0.15, -0.1) is 0 Å². The fourth-order valence-electron chi connectivity index (χ4n) is 3.66. The van der Waals surface area contributed by atoms with Gasteiger partial charge < -0.3 is 9.47 Å². The molecular weight excluding hydrogens is 416 g/mol. The maximum atomic E-state index is 11.5. The van der Waals surface area contributed by atoms with Crippen molar-refractivity contribution in [2.24, 2.45) is 5.92 Å². The Kier molecular flexibility index (Phi) is 4.35. The van der Waals surface area contributed by atoms with E-state index in [2.05, 4.69) is 35.4 Å². The van der Waals surface area contributed by atoms with Gasteiger partial charge in [-0.3, -0.25) is 0 Å². The lowest BCUT2D eigenvalue weighted by Crippen LogP contribution is -2.44. The van der Waals surface area contributed by atoms with E-state index < -0.39 is 9.84 Å². The summed E-state index contributed by atoms with van der Waals surface area (Å²) >= 11 is 9.72. The highest BCUT2D eigenvalue weighted by Crippen LogP contribution is 2.42. The highest BCUT2D eigenvalue weighted by Gasteiger charge is 2.34. The second kappa shape index (κ2) is 6.23. The number of fused-ring (bicyclic) bond motifs is 1. The van der Waals surface area contributed by atoms with Crippen LogP contribution in [0.4, 0.5) is 0 Å². The summed E-state index contributed by atoms with van der Waals surface area (Å²) in [5, 5.41) is 1.33. The van der Waals surface area contributed by atoms with Gasteiger partial charge in [0.15, 0.2) is 9.84 Å². The number of halogens is 2. The molecule has 0 atom stereocenters. The average molecular weight is 434 g/mol. The molecule has 2 aromatic heterocycles. The van der Waals surface area contributed by atoms with Gasteiger partial charge in [0.1, 0.15) is 17.1 Å². The van der Waals surface area contributed by atoms with E-state index in [1.807, 2.05) is 6.20 Å². The molecule has 2 aliphatic rings. The molecule has 1 saturated heterocycles. The molecule has 24 heavy (non-hydrogen) atoms. The van der Waals surface area contributed by atoms with E-state index in [-0.39, 0.29) is 0 Å². The third-order valence-corrected chi connectivity index (χ3v) is 7.57. The Morgan fingerprint density at radius 1 is 1.25 bits per heavy atom. The van der Waals surface area contributed by atoms with Gasteiger partial charge in [0.25, 0.3) is 0 Å². The zero-order valence-corrected chi connectivity index (χ0v) is 16.2. The number of nitrogens with zero attached hydrogens (tertiary/aromatic N) is 4. The van der Waals surface area contributed by atoms with Gasteiger partial charge in [-0.25, -0.2) is 18.4 Å². The highest BCUT2D eigenvalue weighted by molar-refractivity contribution is 9.10. The van der Waals surface area contributed by atoms with Crippen LogP contribution in [0.2, 0.25) is 5.15 Å². The molecule has 1 aliphatic carbocycles. The summed E-state index contributed by atoms with van der Waals surface area (Å²) in [6, 6.07) is 0.420. The second-order valence-electron chi connectivity index (χ2n) is 6.69. The van der Waals surface area contributed by atoms with Crippen LogP contribution in [0.15, 0.2) is 17.0 Å². The molecular formula is C15H18BrClN4O2S. The molecule has 0 aromatic carbocycles. The van der Waals surface area contributed by atoms with Crippen molar-refractivity contribution in [2.45, 2.75) is 18.9 Å². The minimum absolute atomic E-state index is 0.299. The van der Waals surface area contributed by atoms with Crippen LogP contribution < -0.4 is 0 Å². The first-order valence-electron chi connectivity index (χ1n) is 8.02. The third kappa shape index (κ3) is 3.09. The summed E-state index contributed by atoms with van der Waals surface area (Å²) < 4.78 is 26.1. The number of hydrogen-bond donors (Lipinski definition) is 0. The van der Waals surface area contributed by atoms with E-state index in [4.69, 9.17) is 11.6 Å². The zero-order valence-electron chi connectivity index (χ0n) is 13.0. The van der Waals surface area contributed by atoms with E-state index >= 15 is 0 Å². The van der Waals surface area contributed by atoms with Gasteiger partial charge in [-0.05, 0) is 34.7 Å². The van der Waals surface area contributed by atoms with Crippen molar-refractivity contribution >= 4 is 48.4 Å².